The molecule has 2 aromatic carbocycles. The highest BCUT2D eigenvalue weighted by atomic mass is 79.9. The van der Waals surface area contributed by atoms with Crippen molar-refractivity contribution in [1.82, 2.24) is 5.43 Å². The van der Waals surface area contributed by atoms with Gasteiger partial charge in [0.2, 0.25) is 5.91 Å². The number of nitrogens with zero attached hydrogens (tertiary/aromatic N) is 1. The van der Waals surface area contributed by atoms with Gasteiger partial charge < -0.3 is 0 Å². The summed E-state index contributed by atoms with van der Waals surface area (Å²) >= 11 is 5.10. The SMILES string of the molecule is Cc1ccc(SCCC(=O)NN=Cc2ccccc2Br)cc1. The second-order valence-corrected chi connectivity index (χ2v) is 6.75. The third-order valence-electron chi connectivity index (χ3n) is 2.92. The molecule has 0 unspecified atom stereocenters. The van der Waals surface area contributed by atoms with Crippen LogP contribution in [-0.4, -0.2) is 17.9 Å². The zero-order valence-corrected chi connectivity index (χ0v) is 14.7. The maximum Gasteiger partial charge on any atom is 0.240 e. The summed E-state index contributed by atoms with van der Waals surface area (Å²) in [4.78, 5) is 12.9. The zero-order chi connectivity index (χ0) is 15.8. The van der Waals surface area contributed by atoms with E-state index >= 15 is 0 Å². The Hall–Kier alpha value is -1.59. The van der Waals surface area contributed by atoms with Gasteiger partial charge >= 0.3 is 0 Å². The number of hydrazone groups is 1. The molecule has 0 bridgehead atoms. The molecule has 22 heavy (non-hydrogen) atoms. The maximum absolute atomic E-state index is 11.7. The van der Waals surface area contributed by atoms with Crippen molar-refractivity contribution in [3.63, 3.8) is 0 Å². The van der Waals surface area contributed by atoms with E-state index in [1.54, 1.807) is 18.0 Å². The number of thioether (sulfide) groups is 1. The van der Waals surface area contributed by atoms with Crippen LogP contribution in [0.2, 0.25) is 0 Å². The van der Waals surface area contributed by atoms with E-state index in [9.17, 15) is 4.79 Å². The molecule has 0 aliphatic carbocycles. The second kappa shape index (κ2) is 8.76. The molecule has 3 nitrogen and oxygen atoms in total. The van der Waals surface area contributed by atoms with Crippen molar-refractivity contribution in [1.29, 1.82) is 0 Å². The first-order valence-corrected chi connectivity index (χ1v) is 8.69. The number of hydrogen-bond acceptors (Lipinski definition) is 3. The highest BCUT2D eigenvalue weighted by Crippen LogP contribution is 2.18. The molecule has 0 radical (unpaired) electrons. The average Bonchev–Trinajstić information content (AvgIpc) is 2.51. The molecule has 0 aromatic heterocycles. The van der Waals surface area contributed by atoms with Crippen LogP contribution in [0.15, 0.2) is 63.0 Å². The van der Waals surface area contributed by atoms with E-state index in [2.05, 4.69) is 57.6 Å². The molecular weight excluding hydrogens is 360 g/mol. The molecule has 1 amide bonds. The van der Waals surface area contributed by atoms with E-state index in [1.807, 2.05) is 24.3 Å². The quantitative estimate of drug-likeness (QED) is 0.461. The van der Waals surface area contributed by atoms with Crippen LogP contribution in [0.4, 0.5) is 0 Å². The lowest BCUT2D eigenvalue weighted by molar-refractivity contribution is -0.120. The Morgan fingerprint density at radius 2 is 1.95 bits per heavy atom. The van der Waals surface area contributed by atoms with Crippen molar-refractivity contribution in [2.75, 3.05) is 5.75 Å². The number of halogens is 1. The predicted octanol–water partition coefficient (Wildman–Crippen LogP) is 4.39. The number of carbonyl (C=O) groups excluding carboxylic acids is 1. The number of carbonyl (C=O) groups is 1. The van der Waals surface area contributed by atoms with Crippen LogP contribution in [0, 0.1) is 6.92 Å². The third kappa shape index (κ3) is 5.66. The van der Waals surface area contributed by atoms with Crippen LogP contribution >= 0.6 is 27.7 Å². The first kappa shape index (κ1) is 16.8. The standard InChI is InChI=1S/C17H17BrN2OS/c1-13-6-8-15(9-7-13)22-11-10-17(21)20-19-12-14-4-2-3-5-16(14)18/h2-9,12H,10-11H2,1H3,(H,20,21). The first-order valence-electron chi connectivity index (χ1n) is 6.91. The summed E-state index contributed by atoms with van der Waals surface area (Å²) in [5.74, 6) is 0.655. The fourth-order valence-corrected chi connectivity index (χ4v) is 2.94. The molecule has 0 aliphatic heterocycles. The largest absolute Gasteiger partial charge is 0.273 e. The van der Waals surface area contributed by atoms with E-state index in [4.69, 9.17) is 0 Å². The van der Waals surface area contributed by atoms with E-state index in [0.717, 1.165) is 15.8 Å². The predicted molar refractivity (Wildman–Crippen MR) is 96.4 cm³/mol. The van der Waals surface area contributed by atoms with Crippen molar-refractivity contribution >= 4 is 39.8 Å². The Balaban J connectivity index is 1.72. The van der Waals surface area contributed by atoms with Crippen LogP contribution in [-0.2, 0) is 4.79 Å². The van der Waals surface area contributed by atoms with E-state index in [1.165, 1.54) is 10.5 Å². The summed E-state index contributed by atoms with van der Waals surface area (Å²) in [5.41, 5.74) is 4.72. The Kier molecular flexibility index (Phi) is 6.68. The highest BCUT2D eigenvalue weighted by molar-refractivity contribution is 9.10. The molecule has 114 valence electrons. The van der Waals surface area contributed by atoms with Gasteiger partial charge in [-0.2, -0.15) is 5.10 Å². The average molecular weight is 377 g/mol. The summed E-state index contributed by atoms with van der Waals surface area (Å²) < 4.78 is 0.947. The fourth-order valence-electron chi connectivity index (χ4n) is 1.71. The molecule has 0 atom stereocenters. The van der Waals surface area contributed by atoms with Gasteiger partial charge in [0.1, 0.15) is 0 Å². The summed E-state index contributed by atoms with van der Waals surface area (Å²) in [6, 6.07) is 16.0. The number of nitrogens with one attached hydrogen (secondary N) is 1. The molecule has 0 heterocycles. The Bertz CT molecular complexity index is 656. The van der Waals surface area contributed by atoms with Gasteiger partial charge in [-0.05, 0) is 25.1 Å². The number of aryl methyl sites for hydroxylation is 1. The van der Waals surface area contributed by atoms with Gasteiger partial charge in [0.15, 0.2) is 0 Å². The number of benzene rings is 2. The minimum Gasteiger partial charge on any atom is -0.273 e. The molecule has 0 fully saturated rings. The lowest BCUT2D eigenvalue weighted by Crippen LogP contribution is -2.17. The minimum absolute atomic E-state index is 0.0806. The van der Waals surface area contributed by atoms with Gasteiger partial charge in [-0.25, -0.2) is 5.43 Å². The van der Waals surface area contributed by atoms with Gasteiger partial charge in [0.25, 0.3) is 0 Å². The molecule has 1 N–H and O–H groups in total. The topological polar surface area (TPSA) is 41.5 Å². The van der Waals surface area contributed by atoms with Gasteiger partial charge in [-0.15, -0.1) is 11.8 Å². The lowest BCUT2D eigenvalue weighted by atomic mass is 10.2. The smallest absolute Gasteiger partial charge is 0.240 e. The highest BCUT2D eigenvalue weighted by Gasteiger charge is 2.01. The summed E-state index contributed by atoms with van der Waals surface area (Å²) in [6.07, 6.45) is 2.07. The van der Waals surface area contributed by atoms with Crippen molar-refractivity contribution in [3.8, 4) is 0 Å². The van der Waals surface area contributed by atoms with E-state index < -0.39 is 0 Å². The van der Waals surface area contributed by atoms with Crippen LogP contribution < -0.4 is 5.43 Å². The summed E-state index contributed by atoms with van der Waals surface area (Å²) in [7, 11) is 0. The van der Waals surface area contributed by atoms with Gasteiger partial charge in [0, 0.05) is 27.1 Å². The van der Waals surface area contributed by atoms with Crippen LogP contribution in [0.1, 0.15) is 17.5 Å². The molecule has 2 aromatic rings. The number of amides is 1. The fraction of sp³-hybridized carbons (Fsp3) is 0.176. The Labute approximate surface area is 143 Å². The number of hydrogen-bond donors (Lipinski definition) is 1. The summed E-state index contributed by atoms with van der Waals surface area (Å²) in [6.45, 7) is 2.06. The van der Waals surface area contributed by atoms with E-state index in [-0.39, 0.29) is 5.91 Å². The normalized spacial score (nSPS) is 10.8. The lowest BCUT2D eigenvalue weighted by Gasteiger charge is -2.02. The molecule has 0 spiro atoms. The molecule has 2 rings (SSSR count). The van der Waals surface area contributed by atoms with Crippen LogP contribution in [0.5, 0.6) is 0 Å². The second-order valence-electron chi connectivity index (χ2n) is 4.73. The van der Waals surface area contributed by atoms with Crippen LogP contribution in [0.3, 0.4) is 0 Å². The molecule has 5 heteroatoms. The van der Waals surface area contributed by atoms with Crippen molar-refractivity contribution in [2.45, 2.75) is 18.2 Å². The first-order chi connectivity index (χ1) is 10.6. The molecular formula is C17H17BrN2OS. The zero-order valence-electron chi connectivity index (χ0n) is 12.3. The third-order valence-corrected chi connectivity index (χ3v) is 4.65. The number of rotatable bonds is 6. The summed E-state index contributed by atoms with van der Waals surface area (Å²) in [5, 5.41) is 3.98. The molecule has 0 aliphatic rings. The van der Waals surface area contributed by atoms with Crippen molar-refractivity contribution in [3.05, 3.63) is 64.1 Å². The van der Waals surface area contributed by atoms with Gasteiger partial charge in [-0.3, -0.25) is 4.79 Å². The maximum atomic E-state index is 11.7. The van der Waals surface area contributed by atoms with E-state index in [0.29, 0.717) is 6.42 Å². The monoisotopic (exact) mass is 376 g/mol. The Morgan fingerprint density at radius 3 is 2.68 bits per heavy atom. The molecule has 0 saturated heterocycles. The van der Waals surface area contributed by atoms with Crippen molar-refractivity contribution in [2.24, 2.45) is 5.10 Å². The van der Waals surface area contributed by atoms with Gasteiger partial charge in [0.05, 0.1) is 6.21 Å². The molecule has 0 saturated carbocycles. The van der Waals surface area contributed by atoms with Gasteiger partial charge in [-0.1, -0.05) is 51.8 Å². The van der Waals surface area contributed by atoms with Crippen molar-refractivity contribution < 1.29 is 4.79 Å². The Morgan fingerprint density at radius 1 is 1.23 bits per heavy atom. The van der Waals surface area contributed by atoms with Crippen LogP contribution in [0.25, 0.3) is 0 Å². The minimum atomic E-state index is -0.0806.